The lowest BCUT2D eigenvalue weighted by molar-refractivity contribution is 0.526. The van der Waals surface area contributed by atoms with Crippen LogP contribution in [-0.4, -0.2) is 9.55 Å². The van der Waals surface area contributed by atoms with Crippen molar-refractivity contribution in [3.05, 3.63) is 29.6 Å². The SMILES string of the molecule is Cn1c(C(C)(C)C)nc2cc(C3(C#N)CC3)ccc21. The van der Waals surface area contributed by atoms with Gasteiger partial charge in [0.15, 0.2) is 0 Å². The fourth-order valence-corrected chi connectivity index (χ4v) is 2.76. The fourth-order valence-electron chi connectivity index (χ4n) is 2.76. The first-order valence-electron chi connectivity index (χ1n) is 6.76. The van der Waals surface area contributed by atoms with Crippen LogP contribution in [0.1, 0.15) is 45.0 Å². The topological polar surface area (TPSA) is 41.6 Å². The number of fused-ring (bicyclic) bond motifs is 1. The largest absolute Gasteiger partial charge is 0.331 e. The molecule has 0 saturated heterocycles. The average molecular weight is 253 g/mol. The van der Waals surface area contributed by atoms with Crippen LogP contribution in [0.25, 0.3) is 11.0 Å². The molecular weight excluding hydrogens is 234 g/mol. The molecular formula is C16H19N3. The minimum absolute atomic E-state index is 0.0282. The molecule has 0 aliphatic heterocycles. The van der Waals surface area contributed by atoms with Gasteiger partial charge in [-0.2, -0.15) is 5.26 Å². The van der Waals surface area contributed by atoms with Crippen LogP contribution >= 0.6 is 0 Å². The van der Waals surface area contributed by atoms with E-state index in [4.69, 9.17) is 4.98 Å². The molecule has 0 spiro atoms. The lowest BCUT2D eigenvalue weighted by Gasteiger charge is -2.17. The van der Waals surface area contributed by atoms with Crippen molar-refractivity contribution in [2.24, 2.45) is 7.05 Å². The third-order valence-electron chi connectivity index (χ3n) is 4.07. The minimum Gasteiger partial charge on any atom is -0.331 e. The molecule has 0 unspecified atom stereocenters. The van der Waals surface area contributed by atoms with Crippen LogP contribution in [0, 0.1) is 11.3 Å². The molecule has 1 aliphatic carbocycles. The highest BCUT2D eigenvalue weighted by Crippen LogP contribution is 2.48. The molecule has 98 valence electrons. The van der Waals surface area contributed by atoms with E-state index in [0.717, 1.165) is 35.3 Å². The Morgan fingerprint density at radius 1 is 1.32 bits per heavy atom. The number of nitrogens with zero attached hydrogens (tertiary/aromatic N) is 3. The summed E-state index contributed by atoms with van der Waals surface area (Å²) in [6.45, 7) is 6.52. The monoisotopic (exact) mass is 253 g/mol. The van der Waals surface area contributed by atoms with Gasteiger partial charge >= 0.3 is 0 Å². The van der Waals surface area contributed by atoms with E-state index in [2.05, 4.69) is 56.7 Å². The van der Waals surface area contributed by atoms with Crippen LogP contribution in [0.15, 0.2) is 18.2 Å². The summed E-state index contributed by atoms with van der Waals surface area (Å²) in [7, 11) is 2.06. The van der Waals surface area contributed by atoms with Gasteiger partial charge in [-0.3, -0.25) is 0 Å². The highest BCUT2D eigenvalue weighted by Gasteiger charge is 2.45. The number of rotatable bonds is 1. The molecule has 2 aromatic rings. The van der Waals surface area contributed by atoms with Gasteiger partial charge in [-0.15, -0.1) is 0 Å². The maximum Gasteiger partial charge on any atom is 0.115 e. The molecule has 1 saturated carbocycles. The second kappa shape index (κ2) is 3.60. The Bertz CT molecular complexity index is 691. The van der Waals surface area contributed by atoms with Crippen LogP contribution in [0.5, 0.6) is 0 Å². The molecule has 1 aliphatic rings. The summed E-state index contributed by atoms with van der Waals surface area (Å²) in [5.74, 6) is 1.08. The Hall–Kier alpha value is -1.82. The first-order chi connectivity index (χ1) is 8.87. The first-order valence-corrected chi connectivity index (χ1v) is 6.76. The summed E-state index contributed by atoms with van der Waals surface area (Å²) in [6, 6.07) is 8.74. The van der Waals surface area contributed by atoms with Gasteiger partial charge in [0, 0.05) is 12.5 Å². The van der Waals surface area contributed by atoms with Gasteiger partial charge in [0.05, 0.1) is 22.5 Å². The lowest BCUT2D eigenvalue weighted by atomic mass is 9.96. The Morgan fingerprint density at radius 2 is 2.00 bits per heavy atom. The molecule has 0 amide bonds. The molecule has 1 fully saturated rings. The van der Waals surface area contributed by atoms with E-state index < -0.39 is 0 Å². The van der Waals surface area contributed by atoms with Crippen molar-refractivity contribution in [2.45, 2.75) is 44.4 Å². The van der Waals surface area contributed by atoms with E-state index in [1.54, 1.807) is 0 Å². The van der Waals surface area contributed by atoms with Crippen LogP contribution in [0.2, 0.25) is 0 Å². The van der Waals surface area contributed by atoms with E-state index in [0.29, 0.717) is 0 Å². The zero-order valence-electron chi connectivity index (χ0n) is 12.0. The van der Waals surface area contributed by atoms with Crippen LogP contribution < -0.4 is 0 Å². The molecule has 1 aromatic carbocycles. The highest BCUT2D eigenvalue weighted by molar-refractivity contribution is 5.78. The van der Waals surface area contributed by atoms with Crippen molar-refractivity contribution in [3.63, 3.8) is 0 Å². The van der Waals surface area contributed by atoms with Crippen molar-refractivity contribution in [1.82, 2.24) is 9.55 Å². The molecule has 3 heteroatoms. The summed E-state index contributed by atoms with van der Waals surface area (Å²) in [6.07, 6.45) is 1.96. The van der Waals surface area contributed by atoms with Gasteiger partial charge in [-0.25, -0.2) is 4.98 Å². The molecule has 3 rings (SSSR count). The molecule has 0 radical (unpaired) electrons. The summed E-state index contributed by atoms with van der Waals surface area (Å²) in [5, 5.41) is 9.30. The predicted octanol–water partition coefficient (Wildman–Crippen LogP) is 3.43. The average Bonchev–Trinajstić information content (AvgIpc) is 3.08. The van der Waals surface area contributed by atoms with Crippen molar-refractivity contribution in [1.29, 1.82) is 5.26 Å². The standard InChI is InChI=1S/C16H19N3/c1-15(2,3)14-18-12-9-11(16(10-17)7-8-16)5-6-13(12)19(14)4/h5-6,9H,7-8H2,1-4H3. The Morgan fingerprint density at radius 3 is 2.53 bits per heavy atom. The van der Waals surface area contributed by atoms with E-state index in [1.807, 2.05) is 0 Å². The van der Waals surface area contributed by atoms with Crippen molar-refractivity contribution >= 4 is 11.0 Å². The first kappa shape index (κ1) is 12.2. The van der Waals surface area contributed by atoms with Gasteiger partial charge in [-0.1, -0.05) is 26.8 Å². The van der Waals surface area contributed by atoms with Crippen molar-refractivity contribution in [2.75, 3.05) is 0 Å². The normalized spacial score (nSPS) is 17.4. The molecule has 1 aromatic heterocycles. The Labute approximate surface area is 113 Å². The number of imidazole rings is 1. The maximum atomic E-state index is 9.30. The summed E-state index contributed by atoms with van der Waals surface area (Å²) >= 11 is 0. The fraction of sp³-hybridized carbons (Fsp3) is 0.500. The second-order valence-corrected chi connectivity index (χ2v) is 6.64. The smallest absolute Gasteiger partial charge is 0.115 e. The Kier molecular flexibility index (Phi) is 2.32. The van der Waals surface area contributed by atoms with E-state index in [1.165, 1.54) is 0 Å². The van der Waals surface area contributed by atoms with Gasteiger partial charge in [-0.05, 0) is 30.5 Å². The van der Waals surface area contributed by atoms with Gasteiger partial charge in [0.25, 0.3) is 0 Å². The van der Waals surface area contributed by atoms with Gasteiger partial charge in [0.1, 0.15) is 5.82 Å². The number of aryl methyl sites for hydroxylation is 1. The zero-order chi connectivity index (χ0) is 13.8. The van der Waals surface area contributed by atoms with Crippen molar-refractivity contribution in [3.8, 4) is 6.07 Å². The van der Waals surface area contributed by atoms with Crippen LogP contribution in [0.4, 0.5) is 0 Å². The van der Waals surface area contributed by atoms with Crippen molar-refractivity contribution < 1.29 is 0 Å². The molecule has 0 N–H and O–H groups in total. The number of nitriles is 1. The summed E-state index contributed by atoms with van der Waals surface area (Å²) < 4.78 is 2.16. The van der Waals surface area contributed by atoms with Gasteiger partial charge < -0.3 is 4.57 Å². The third kappa shape index (κ3) is 1.74. The molecule has 0 bridgehead atoms. The number of aromatic nitrogens is 2. The quantitative estimate of drug-likeness (QED) is 0.781. The summed E-state index contributed by atoms with van der Waals surface area (Å²) in [5.41, 5.74) is 3.07. The second-order valence-electron chi connectivity index (χ2n) is 6.64. The predicted molar refractivity (Wildman–Crippen MR) is 75.9 cm³/mol. The van der Waals surface area contributed by atoms with E-state index in [-0.39, 0.29) is 10.8 Å². The number of benzene rings is 1. The number of hydrogen-bond acceptors (Lipinski definition) is 2. The van der Waals surface area contributed by atoms with E-state index in [9.17, 15) is 5.26 Å². The molecule has 19 heavy (non-hydrogen) atoms. The summed E-state index contributed by atoms with van der Waals surface area (Å²) in [4.78, 5) is 4.77. The molecule has 0 atom stereocenters. The van der Waals surface area contributed by atoms with Crippen LogP contribution in [0.3, 0.4) is 0 Å². The van der Waals surface area contributed by atoms with Gasteiger partial charge in [0.2, 0.25) is 0 Å². The third-order valence-corrected chi connectivity index (χ3v) is 4.07. The highest BCUT2D eigenvalue weighted by atomic mass is 15.1. The lowest BCUT2D eigenvalue weighted by Crippen LogP contribution is -2.17. The number of hydrogen-bond donors (Lipinski definition) is 0. The van der Waals surface area contributed by atoms with E-state index >= 15 is 0 Å². The Balaban J connectivity index is 2.18. The minimum atomic E-state index is -0.229. The maximum absolute atomic E-state index is 9.30. The zero-order valence-corrected chi connectivity index (χ0v) is 12.0. The molecule has 1 heterocycles. The van der Waals surface area contributed by atoms with Crippen LogP contribution in [-0.2, 0) is 17.9 Å². The molecule has 3 nitrogen and oxygen atoms in total.